The van der Waals surface area contributed by atoms with Crippen molar-refractivity contribution in [3.05, 3.63) is 29.7 Å². The number of carbonyl (C=O) groups excluding carboxylic acids is 1. The molecule has 7 nitrogen and oxygen atoms in total. The molecule has 0 spiro atoms. The summed E-state index contributed by atoms with van der Waals surface area (Å²) in [6.45, 7) is 1.76. The molecule has 1 saturated carbocycles. The topological polar surface area (TPSA) is 93.2 Å². The summed E-state index contributed by atoms with van der Waals surface area (Å²) < 4.78 is 6.86. The van der Waals surface area contributed by atoms with Crippen LogP contribution in [0.25, 0.3) is 0 Å². The van der Waals surface area contributed by atoms with Gasteiger partial charge in [0.25, 0.3) is 5.91 Å². The van der Waals surface area contributed by atoms with E-state index in [1.165, 1.54) is 23.6 Å². The zero-order valence-corrected chi connectivity index (χ0v) is 12.0. The largest absolute Gasteiger partial charge is 0.504 e. The van der Waals surface area contributed by atoms with Crippen molar-refractivity contribution >= 4 is 5.91 Å². The summed E-state index contributed by atoms with van der Waals surface area (Å²) in [6.07, 6.45) is 6.20. The minimum Gasteiger partial charge on any atom is -0.504 e. The van der Waals surface area contributed by atoms with Crippen molar-refractivity contribution in [2.45, 2.75) is 38.1 Å². The molecule has 2 N–H and O–H groups in total. The second-order valence-corrected chi connectivity index (χ2v) is 5.47. The van der Waals surface area contributed by atoms with E-state index in [-0.39, 0.29) is 17.4 Å². The molecule has 1 aliphatic carbocycles. The Balaban J connectivity index is 1.68. The first-order valence-corrected chi connectivity index (χ1v) is 7.03. The third-order valence-corrected chi connectivity index (χ3v) is 3.80. The Morgan fingerprint density at radius 2 is 2.33 bits per heavy atom. The van der Waals surface area contributed by atoms with Crippen LogP contribution in [0, 0.1) is 0 Å². The Kier molecular flexibility index (Phi) is 3.40. The van der Waals surface area contributed by atoms with Crippen molar-refractivity contribution in [2.75, 3.05) is 0 Å². The van der Waals surface area contributed by atoms with Crippen LogP contribution in [0.15, 0.2) is 16.9 Å². The number of hydrogen-bond donors (Lipinski definition) is 2. The third-order valence-electron chi connectivity index (χ3n) is 3.80. The van der Waals surface area contributed by atoms with E-state index < -0.39 is 6.04 Å². The second kappa shape index (κ2) is 5.23. The van der Waals surface area contributed by atoms with Gasteiger partial charge < -0.3 is 14.8 Å². The lowest BCUT2D eigenvalue weighted by atomic mass is 9.85. The zero-order chi connectivity index (χ0) is 15.0. The van der Waals surface area contributed by atoms with Crippen molar-refractivity contribution in [2.24, 2.45) is 7.05 Å². The van der Waals surface area contributed by atoms with Crippen molar-refractivity contribution < 1.29 is 14.3 Å². The Bertz CT molecular complexity index is 657. The first kappa shape index (κ1) is 13.7. The summed E-state index contributed by atoms with van der Waals surface area (Å²) in [5, 5.41) is 16.6. The van der Waals surface area contributed by atoms with Crippen LogP contribution in [0.3, 0.4) is 0 Å². The SMILES string of the molecule is CC(NC(=O)c1coc(C2CCC2)n1)c1nn(C)cc1O. The minimum absolute atomic E-state index is 0.0561. The van der Waals surface area contributed by atoms with Gasteiger partial charge in [0.1, 0.15) is 12.0 Å². The summed E-state index contributed by atoms with van der Waals surface area (Å²) in [5.74, 6) is 0.714. The number of aryl methyl sites for hydroxylation is 1. The van der Waals surface area contributed by atoms with Gasteiger partial charge in [0.2, 0.25) is 0 Å². The molecule has 112 valence electrons. The number of aromatic hydroxyl groups is 1. The van der Waals surface area contributed by atoms with Crippen LogP contribution in [-0.4, -0.2) is 25.8 Å². The molecule has 1 aliphatic rings. The maximum Gasteiger partial charge on any atom is 0.273 e. The van der Waals surface area contributed by atoms with E-state index in [1.807, 2.05) is 0 Å². The molecule has 1 amide bonds. The smallest absolute Gasteiger partial charge is 0.273 e. The van der Waals surface area contributed by atoms with Gasteiger partial charge >= 0.3 is 0 Å². The summed E-state index contributed by atoms with van der Waals surface area (Å²) in [5.41, 5.74) is 0.688. The molecule has 2 aromatic rings. The van der Waals surface area contributed by atoms with E-state index >= 15 is 0 Å². The Morgan fingerprint density at radius 3 is 2.90 bits per heavy atom. The Morgan fingerprint density at radius 1 is 1.57 bits per heavy atom. The van der Waals surface area contributed by atoms with Gasteiger partial charge in [0.05, 0.1) is 12.2 Å². The molecule has 7 heteroatoms. The van der Waals surface area contributed by atoms with E-state index in [4.69, 9.17) is 4.42 Å². The van der Waals surface area contributed by atoms with Crippen LogP contribution >= 0.6 is 0 Å². The van der Waals surface area contributed by atoms with Crippen LogP contribution in [0.4, 0.5) is 0 Å². The summed E-state index contributed by atoms with van der Waals surface area (Å²) in [4.78, 5) is 16.4. The first-order chi connectivity index (χ1) is 10.0. The van der Waals surface area contributed by atoms with Gasteiger partial charge in [-0.25, -0.2) is 4.98 Å². The number of carbonyl (C=O) groups is 1. The molecule has 2 aromatic heterocycles. The van der Waals surface area contributed by atoms with Gasteiger partial charge in [0, 0.05) is 13.0 Å². The molecule has 0 saturated heterocycles. The highest BCUT2D eigenvalue weighted by Crippen LogP contribution is 2.35. The molecule has 0 aromatic carbocycles. The monoisotopic (exact) mass is 290 g/mol. The predicted octanol–water partition coefficient (Wildman–Crippen LogP) is 1.87. The minimum atomic E-state index is -0.414. The van der Waals surface area contributed by atoms with Crippen LogP contribution in [-0.2, 0) is 7.05 Å². The van der Waals surface area contributed by atoms with Crippen LogP contribution in [0.1, 0.15) is 60.2 Å². The molecule has 21 heavy (non-hydrogen) atoms. The van der Waals surface area contributed by atoms with Crippen molar-refractivity contribution in [3.63, 3.8) is 0 Å². The Labute approximate surface area is 122 Å². The van der Waals surface area contributed by atoms with Gasteiger partial charge in [-0.3, -0.25) is 9.48 Å². The lowest BCUT2D eigenvalue weighted by Crippen LogP contribution is -2.27. The van der Waals surface area contributed by atoms with Gasteiger partial charge in [-0.1, -0.05) is 6.42 Å². The van der Waals surface area contributed by atoms with E-state index in [0.29, 0.717) is 17.5 Å². The molecule has 0 aliphatic heterocycles. The lowest BCUT2D eigenvalue weighted by Gasteiger charge is -2.21. The van der Waals surface area contributed by atoms with E-state index in [9.17, 15) is 9.90 Å². The molecular weight excluding hydrogens is 272 g/mol. The second-order valence-electron chi connectivity index (χ2n) is 5.47. The van der Waals surface area contributed by atoms with Crippen LogP contribution in [0.2, 0.25) is 0 Å². The van der Waals surface area contributed by atoms with Crippen molar-refractivity contribution in [3.8, 4) is 5.75 Å². The normalized spacial score (nSPS) is 16.5. The fourth-order valence-corrected chi connectivity index (χ4v) is 2.38. The van der Waals surface area contributed by atoms with Crippen LogP contribution in [0.5, 0.6) is 5.75 Å². The molecule has 0 radical (unpaired) electrons. The number of rotatable bonds is 4. The quantitative estimate of drug-likeness (QED) is 0.896. The number of aromatic nitrogens is 3. The zero-order valence-electron chi connectivity index (χ0n) is 12.0. The Hall–Kier alpha value is -2.31. The number of nitrogens with one attached hydrogen (secondary N) is 1. The highest BCUT2D eigenvalue weighted by atomic mass is 16.3. The maximum atomic E-state index is 12.1. The van der Waals surface area contributed by atoms with Crippen molar-refractivity contribution in [1.29, 1.82) is 0 Å². The van der Waals surface area contributed by atoms with Gasteiger partial charge in [-0.05, 0) is 19.8 Å². The molecule has 1 unspecified atom stereocenters. The van der Waals surface area contributed by atoms with E-state index in [1.54, 1.807) is 14.0 Å². The van der Waals surface area contributed by atoms with Gasteiger partial charge in [0.15, 0.2) is 17.3 Å². The molecule has 1 fully saturated rings. The number of amides is 1. The third kappa shape index (κ3) is 2.63. The highest BCUT2D eigenvalue weighted by molar-refractivity contribution is 5.92. The molecular formula is C14H18N4O3. The maximum absolute atomic E-state index is 12.1. The first-order valence-electron chi connectivity index (χ1n) is 7.03. The number of hydrogen-bond acceptors (Lipinski definition) is 5. The fraction of sp³-hybridized carbons (Fsp3) is 0.500. The molecule has 1 atom stereocenters. The average molecular weight is 290 g/mol. The molecule has 3 rings (SSSR count). The predicted molar refractivity (Wildman–Crippen MR) is 73.8 cm³/mol. The summed E-state index contributed by atoms with van der Waals surface area (Å²) in [6, 6.07) is -0.414. The van der Waals surface area contributed by atoms with Crippen LogP contribution < -0.4 is 5.32 Å². The summed E-state index contributed by atoms with van der Waals surface area (Å²) >= 11 is 0. The van der Waals surface area contributed by atoms with E-state index in [0.717, 1.165) is 12.8 Å². The highest BCUT2D eigenvalue weighted by Gasteiger charge is 2.26. The lowest BCUT2D eigenvalue weighted by molar-refractivity contribution is 0.0933. The van der Waals surface area contributed by atoms with Gasteiger partial charge in [-0.15, -0.1) is 0 Å². The number of oxazole rings is 1. The number of nitrogens with zero attached hydrogens (tertiary/aromatic N) is 3. The average Bonchev–Trinajstić information content (AvgIpc) is 2.94. The van der Waals surface area contributed by atoms with Gasteiger partial charge in [-0.2, -0.15) is 5.10 Å². The standard InChI is InChI=1S/C14H18N4O3/c1-8(12-11(19)6-18(2)17-12)15-13(20)10-7-21-14(16-10)9-4-3-5-9/h6-9,19H,3-5H2,1-2H3,(H,15,20). The van der Waals surface area contributed by atoms with Crippen molar-refractivity contribution in [1.82, 2.24) is 20.1 Å². The van der Waals surface area contributed by atoms with E-state index in [2.05, 4.69) is 15.4 Å². The summed E-state index contributed by atoms with van der Waals surface area (Å²) in [7, 11) is 1.71. The fourth-order valence-electron chi connectivity index (χ4n) is 2.38. The molecule has 0 bridgehead atoms. The molecule has 2 heterocycles.